The van der Waals surface area contributed by atoms with Crippen molar-refractivity contribution in [2.75, 3.05) is 11.9 Å². The van der Waals surface area contributed by atoms with E-state index in [-0.39, 0.29) is 11.9 Å². The molecule has 0 saturated carbocycles. The maximum Gasteiger partial charge on any atom is 0.257 e. The summed E-state index contributed by atoms with van der Waals surface area (Å²) in [6.45, 7) is 4.88. The number of pyridine rings is 2. The fraction of sp³-hybridized carbons (Fsp3) is 0.348. The fourth-order valence-corrected chi connectivity index (χ4v) is 4.12. The summed E-state index contributed by atoms with van der Waals surface area (Å²) >= 11 is 6.03. The summed E-state index contributed by atoms with van der Waals surface area (Å²) in [5, 5.41) is 4.93. The zero-order valence-electron chi connectivity index (χ0n) is 16.8. The zero-order valence-corrected chi connectivity index (χ0v) is 17.5. The Kier molecular flexibility index (Phi) is 5.67. The Labute approximate surface area is 176 Å². The summed E-state index contributed by atoms with van der Waals surface area (Å²) < 4.78 is 0. The van der Waals surface area contributed by atoms with Crippen LogP contribution in [0.15, 0.2) is 42.6 Å². The van der Waals surface area contributed by atoms with Crippen LogP contribution in [0, 0.1) is 6.92 Å². The largest absolute Gasteiger partial charge is 0.354 e. The van der Waals surface area contributed by atoms with Gasteiger partial charge < -0.3 is 10.2 Å². The van der Waals surface area contributed by atoms with Gasteiger partial charge in [-0.25, -0.2) is 9.97 Å². The lowest BCUT2D eigenvalue weighted by Gasteiger charge is -2.35. The van der Waals surface area contributed by atoms with E-state index in [1.54, 1.807) is 6.20 Å². The van der Waals surface area contributed by atoms with Crippen LogP contribution in [0.5, 0.6) is 0 Å². The highest BCUT2D eigenvalue weighted by atomic mass is 35.5. The zero-order chi connectivity index (χ0) is 20.4. The molecule has 3 heterocycles. The Morgan fingerprint density at radius 1 is 1.21 bits per heavy atom. The van der Waals surface area contributed by atoms with Crippen LogP contribution in [0.25, 0.3) is 11.0 Å². The van der Waals surface area contributed by atoms with Crippen molar-refractivity contribution >= 4 is 39.9 Å². The number of fused-ring (bicyclic) bond motifs is 1. The van der Waals surface area contributed by atoms with Crippen molar-refractivity contribution in [3.05, 3.63) is 58.9 Å². The molecule has 1 aliphatic rings. The number of aromatic nitrogens is 2. The lowest BCUT2D eigenvalue weighted by atomic mass is 9.98. The highest BCUT2D eigenvalue weighted by molar-refractivity contribution is 6.30. The lowest BCUT2D eigenvalue weighted by molar-refractivity contribution is 0.0609. The van der Waals surface area contributed by atoms with Crippen molar-refractivity contribution in [2.24, 2.45) is 0 Å². The molecule has 3 aromatic rings. The first-order chi connectivity index (χ1) is 14.1. The number of aryl methyl sites for hydroxylation is 1. The van der Waals surface area contributed by atoms with E-state index in [0.29, 0.717) is 16.2 Å². The Morgan fingerprint density at radius 3 is 2.76 bits per heavy atom. The molecule has 1 N–H and O–H groups in total. The van der Waals surface area contributed by atoms with Crippen molar-refractivity contribution in [1.29, 1.82) is 0 Å². The predicted octanol–water partition coefficient (Wildman–Crippen LogP) is 5.74. The summed E-state index contributed by atoms with van der Waals surface area (Å²) in [4.78, 5) is 24.6. The number of carbonyl (C=O) groups excluding carboxylic acids is 1. The number of carbonyl (C=O) groups is 1. The van der Waals surface area contributed by atoms with Gasteiger partial charge in [0, 0.05) is 40.6 Å². The molecule has 4 rings (SSSR count). The standard InChI is InChI=1S/C23H25ClN4O/c1-3-18-6-4-5-13-28(18)23(29)20-14-25-22-19(12-7-15(2)26-22)21(20)27-17-10-8-16(24)9-11-17/h7-12,14,18H,3-6,13H2,1-2H3,(H,25,26,27). The molecule has 1 unspecified atom stereocenters. The fourth-order valence-electron chi connectivity index (χ4n) is 3.99. The quantitative estimate of drug-likeness (QED) is 0.598. The lowest BCUT2D eigenvalue weighted by Crippen LogP contribution is -2.43. The molecule has 1 amide bonds. The maximum absolute atomic E-state index is 13.5. The van der Waals surface area contributed by atoms with Crippen LogP contribution < -0.4 is 5.32 Å². The van der Waals surface area contributed by atoms with E-state index in [2.05, 4.69) is 22.2 Å². The molecule has 0 radical (unpaired) electrons. The molecule has 0 spiro atoms. The average molecular weight is 409 g/mol. The van der Waals surface area contributed by atoms with Gasteiger partial charge in [0.15, 0.2) is 5.65 Å². The van der Waals surface area contributed by atoms with Crippen LogP contribution >= 0.6 is 11.6 Å². The SMILES string of the molecule is CCC1CCCCN1C(=O)c1cnc2nc(C)ccc2c1Nc1ccc(Cl)cc1. The summed E-state index contributed by atoms with van der Waals surface area (Å²) in [5.41, 5.74) is 3.71. The molecule has 1 fully saturated rings. The predicted molar refractivity (Wildman–Crippen MR) is 118 cm³/mol. The van der Waals surface area contributed by atoms with Gasteiger partial charge >= 0.3 is 0 Å². The monoisotopic (exact) mass is 408 g/mol. The Morgan fingerprint density at radius 2 is 2.00 bits per heavy atom. The molecule has 2 aromatic heterocycles. The number of amides is 1. The Bertz CT molecular complexity index is 1030. The maximum atomic E-state index is 13.5. The first kappa shape index (κ1) is 19.6. The van der Waals surface area contributed by atoms with Crippen molar-refractivity contribution in [3.63, 3.8) is 0 Å². The van der Waals surface area contributed by atoms with Crippen molar-refractivity contribution in [3.8, 4) is 0 Å². The minimum absolute atomic E-state index is 0.0305. The van der Waals surface area contributed by atoms with Gasteiger partial charge in [0.05, 0.1) is 11.3 Å². The number of hydrogen-bond donors (Lipinski definition) is 1. The molecule has 1 atom stereocenters. The molecule has 150 valence electrons. The van der Waals surface area contributed by atoms with Gasteiger partial charge in [0.25, 0.3) is 5.91 Å². The number of rotatable bonds is 4. The highest BCUT2D eigenvalue weighted by Gasteiger charge is 2.28. The summed E-state index contributed by atoms with van der Waals surface area (Å²) in [5.74, 6) is 0.0305. The normalized spacial score (nSPS) is 16.8. The summed E-state index contributed by atoms with van der Waals surface area (Å²) in [6, 6.07) is 11.7. The van der Waals surface area contributed by atoms with Gasteiger partial charge in [0.1, 0.15) is 0 Å². The molecule has 1 saturated heterocycles. The van der Waals surface area contributed by atoms with E-state index < -0.39 is 0 Å². The molecule has 29 heavy (non-hydrogen) atoms. The number of benzene rings is 1. The number of halogens is 1. The third kappa shape index (κ3) is 4.06. The van der Waals surface area contributed by atoms with Crippen LogP contribution in [0.1, 0.15) is 48.7 Å². The van der Waals surface area contributed by atoms with Gasteiger partial charge in [-0.15, -0.1) is 0 Å². The molecule has 1 aliphatic heterocycles. The minimum atomic E-state index is 0.0305. The topological polar surface area (TPSA) is 58.1 Å². The number of likely N-dealkylation sites (tertiary alicyclic amines) is 1. The summed E-state index contributed by atoms with van der Waals surface area (Å²) in [6.07, 6.45) is 5.91. The van der Waals surface area contributed by atoms with Crippen molar-refractivity contribution < 1.29 is 4.79 Å². The first-order valence-corrected chi connectivity index (χ1v) is 10.5. The Balaban J connectivity index is 1.81. The smallest absolute Gasteiger partial charge is 0.257 e. The second-order valence-corrected chi connectivity index (χ2v) is 8.00. The highest BCUT2D eigenvalue weighted by Crippen LogP contribution is 2.32. The number of hydrogen-bond acceptors (Lipinski definition) is 4. The molecule has 0 bridgehead atoms. The van der Waals surface area contributed by atoms with Gasteiger partial charge in [-0.05, 0) is 69.0 Å². The molecule has 1 aromatic carbocycles. The number of piperidine rings is 1. The van der Waals surface area contributed by atoms with Gasteiger partial charge in [-0.1, -0.05) is 18.5 Å². The molecule has 6 heteroatoms. The molecular formula is C23H25ClN4O. The van der Waals surface area contributed by atoms with E-state index in [1.165, 1.54) is 6.42 Å². The van der Waals surface area contributed by atoms with Gasteiger partial charge in [0.2, 0.25) is 0 Å². The second kappa shape index (κ2) is 8.37. The molecular weight excluding hydrogens is 384 g/mol. The number of nitrogens with one attached hydrogen (secondary N) is 1. The minimum Gasteiger partial charge on any atom is -0.354 e. The van der Waals surface area contributed by atoms with Gasteiger partial charge in [-0.2, -0.15) is 0 Å². The van der Waals surface area contributed by atoms with E-state index in [4.69, 9.17) is 11.6 Å². The first-order valence-electron chi connectivity index (χ1n) is 10.2. The Hall–Kier alpha value is -2.66. The van der Waals surface area contributed by atoms with Gasteiger partial charge in [-0.3, -0.25) is 4.79 Å². The second-order valence-electron chi connectivity index (χ2n) is 7.56. The summed E-state index contributed by atoms with van der Waals surface area (Å²) in [7, 11) is 0. The molecule has 5 nitrogen and oxygen atoms in total. The van der Waals surface area contributed by atoms with E-state index in [9.17, 15) is 4.79 Å². The van der Waals surface area contributed by atoms with Crippen LogP contribution in [0.3, 0.4) is 0 Å². The number of anilines is 2. The van der Waals surface area contributed by atoms with Crippen molar-refractivity contribution in [1.82, 2.24) is 14.9 Å². The molecule has 0 aliphatic carbocycles. The average Bonchev–Trinajstić information content (AvgIpc) is 2.74. The third-order valence-electron chi connectivity index (χ3n) is 5.57. The van der Waals surface area contributed by atoms with Crippen molar-refractivity contribution in [2.45, 2.75) is 45.6 Å². The van der Waals surface area contributed by atoms with Crippen LogP contribution in [0.4, 0.5) is 11.4 Å². The van der Waals surface area contributed by atoms with Crippen LogP contribution in [0.2, 0.25) is 5.02 Å². The number of nitrogens with zero attached hydrogens (tertiary/aromatic N) is 3. The third-order valence-corrected chi connectivity index (χ3v) is 5.82. The van der Waals surface area contributed by atoms with E-state index in [0.717, 1.165) is 48.3 Å². The van der Waals surface area contributed by atoms with E-state index in [1.807, 2.05) is 48.2 Å². The van der Waals surface area contributed by atoms with Crippen LogP contribution in [-0.2, 0) is 0 Å². The van der Waals surface area contributed by atoms with E-state index >= 15 is 0 Å². The van der Waals surface area contributed by atoms with Crippen LogP contribution in [-0.4, -0.2) is 33.4 Å².